The average molecular weight is 500 g/mol. The van der Waals surface area contributed by atoms with Crippen molar-refractivity contribution in [2.45, 2.75) is 44.6 Å². The molecule has 180 valence electrons. The minimum atomic E-state index is -3.51. The zero-order chi connectivity index (χ0) is 24.6. The van der Waals surface area contributed by atoms with Crippen molar-refractivity contribution in [1.29, 1.82) is 0 Å². The van der Waals surface area contributed by atoms with Crippen LogP contribution in [0.3, 0.4) is 0 Å². The fraction of sp³-hybridized carbons (Fsp3) is 0.280. The molecule has 0 saturated heterocycles. The second-order valence-corrected chi connectivity index (χ2v) is 10.9. The molecule has 3 N–H and O–H groups in total. The molecule has 0 aliphatic heterocycles. The molecule has 7 nitrogen and oxygen atoms in total. The number of sulfonamides is 1. The molecule has 0 radical (unpaired) electrons. The van der Waals surface area contributed by atoms with E-state index in [1.54, 1.807) is 55.6 Å². The third kappa shape index (κ3) is 7.79. The van der Waals surface area contributed by atoms with Crippen LogP contribution in [-0.4, -0.2) is 32.3 Å². The minimum Gasteiger partial charge on any atom is -0.350 e. The predicted octanol–water partition coefficient (Wildman–Crippen LogP) is 3.23. The smallest absolute Gasteiger partial charge is 0.262 e. The van der Waals surface area contributed by atoms with E-state index in [0.29, 0.717) is 22.4 Å². The first-order valence-electron chi connectivity index (χ1n) is 11.0. The van der Waals surface area contributed by atoms with Gasteiger partial charge >= 0.3 is 0 Å². The summed E-state index contributed by atoms with van der Waals surface area (Å²) in [6, 6.07) is 19.1. The quantitative estimate of drug-likeness (QED) is 0.377. The monoisotopic (exact) mass is 499 g/mol. The van der Waals surface area contributed by atoms with Crippen molar-refractivity contribution >= 4 is 33.2 Å². The number of hydrogen-bond donors (Lipinski definition) is 3. The van der Waals surface area contributed by atoms with Gasteiger partial charge in [-0.2, -0.15) is 0 Å². The summed E-state index contributed by atoms with van der Waals surface area (Å²) in [5.74, 6) is -0.830. The summed E-state index contributed by atoms with van der Waals surface area (Å²) in [7, 11) is -3.51. The Bertz CT molecular complexity index is 1190. The minimum absolute atomic E-state index is 0.145. The van der Waals surface area contributed by atoms with Gasteiger partial charge in [-0.25, -0.2) is 13.1 Å². The Hall–Kier alpha value is -3.01. The lowest BCUT2D eigenvalue weighted by Gasteiger charge is -2.19. The number of carbonyl (C=O) groups excluding carboxylic acids is 2. The van der Waals surface area contributed by atoms with Gasteiger partial charge in [0.15, 0.2) is 0 Å². The van der Waals surface area contributed by atoms with Gasteiger partial charge in [-0.3, -0.25) is 9.59 Å². The van der Waals surface area contributed by atoms with E-state index in [0.717, 1.165) is 5.56 Å². The maximum atomic E-state index is 13.1. The van der Waals surface area contributed by atoms with Crippen LogP contribution in [0.4, 0.5) is 0 Å². The van der Waals surface area contributed by atoms with Crippen LogP contribution >= 0.6 is 11.3 Å². The summed E-state index contributed by atoms with van der Waals surface area (Å²) in [4.78, 5) is 26.3. The van der Waals surface area contributed by atoms with Crippen LogP contribution in [0.5, 0.6) is 0 Å². The third-order valence-electron chi connectivity index (χ3n) is 4.98. The van der Waals surface area contributed by atoms with Gasteiger partial charge in [0.1, 0.15) is 6.04 Å². The summed E-state index contributed by atoms with van der Waals surface area (Å²) in [5, 5.41) is 7.51. The topological polar surface area (TPSA) is 104 Å². The molecule has 0 fully saturated rings. The molecule has 9 heteroatoms. The Labute approximate surface area is 204 Å². The van der Waals surface area contributed by atoms with Crippen molar-refractivity contribution in [2.24, 2.45) is 0 Å². The lowest BCUT2D eigenvalue weighted by atomic mass is 10.0. The van der Waals surface area contributed by atoms with E-state index in [1.807, 2.05) is 30.3 Å². The third-order valence-corrected chi connectivity index (χ3v) is 7.37. The summed E-state index contributed by atoms with van der Waals surface area (Å²) >= 11 is 1.31. The Morgan fingerprint density at radius 2 is 1.59 bits per heavy atom. The van der Waals surface area contributed by atoms with Gasteiger partial charge in [0.25, 0.3) is 5.91 Å². The molecule has 0 bridgehead atoms. The van der Waals surface area contributed by atoms with Crippen molar-refractivity contribution in [3.63, 3.8) is 0 Å². The molecule has 0 unspecified atom stereocenters. The largest absolute Gasteiger partial charge is 0.350 e. The maximum absolute atomic E-state index is 13.1. The average Bonchev–Trinajstić information content (AvgIpc) is 3.32. The van der Waals surface area contributed by atoms with Gasteiger partial charge in [-0.05, 0) is 42.0 Å². The lowest BCUT2D eigenvalue weighted by Crippen LogP contribution is -2.47. The number of hydrogen-bond acceptors (Lipinski definition) is 5. The highest BCUT2D eigenvalue weighted by atomic mass is 32.2. The van der Waals surface area contributed by atoms with Crippen molar-refractivity contribution in [2.75, 3.05) is 0 Å². The molecule has 2 aromatic carbocycles. The number of nitrogens with one attached hydrogen (secondary N) is 3. The highest BCUT2D eigenvalue weighted by Gasteiger charge is 2.23. The molecule has 3 rings (SSSR count). The molecule has 0 aliphatic carbocycles. The number of amides is 2. The normalized spacial score (nSPS) is 12.3. The number of rotatable bonds is 11. The summed E-state index contributed by atoms with van der Waals surface area (Å²) in [6.07, 6.45) is 0.331. The summed E-state index contributed by atoms with van der Waals surface area (Å²) in [5.41, 5.74) is 2.23. The summed E-state index contributed by atoms with van der Waals surface area (Å²) < 4.78 is 27.4. The van der Waals surface area contributed by atoms with Crippen LogP contribution in [-0.2, 0) is 33.5 Å². The molecule has 3 aromatic rings. The van der Waals surface area contributed by atoms with E-state index < -0.39 is 16.1 Å². The van der Waals surface area contributed by atoms with Crippen molar-refractivity contribution < 1.29 is 18.0 Å². The predicted molar refractivity (Wildman–Crippen MR) is 135 cm³/mol. The van der Waals surface area contributed by atoms with Crippen LogP contribution in [0, 0.1) is 0 Å². The van der Waals surface area contributed by atoms with Gasteiger partial charge in [0.2, 0.25) is 15.9 Å². The Morgan fingerprint density at radius 3 is 2.24 bits per heavy atom. The molecular formula is C25H29N3O4S2. The van der Waals surface area contributed by atoms with Crippen molar-refractivity contribution in [3.8, 4) is 0 Å². The second-order valence-electron chi connectivity index (χ2n) is 8.21. The Balaban J connectivity index is 1.72. The van der Waals surface area contributed by atoms with Gasteiger partial charge in [-0.15, -0.1) is 11.3 Å². The lowest BCUT2D eigenvalue weighted by molar-refractivity contribution is -0.123. The number of carbonyl (C=O) groups is 2. The second kappa shape index (κ2) is 11.9. The van der Waals surface area contributed by atoms with Crippen LogP contribution in [0.15, 0.2) is 72.1 Å². The van der Waals surface area contributed by atoms with E-state index in [9.17, 15) is 18.0 Å². The van der Waals surface area contributed by atoms with E-state index in [1.165, 1.54) is 11.3 Å². The van der Waals surface area contributed by atoms with E-state index in [4.69, 9.17) is 0 Å². The highest BCUT2D eigenvalue weighted by Crippen LogP contribution is 2.14. The molecular weight excluding hydrogens is 470 g/mol. The molecule has 0 aliphatic rings. The first kappa shape index (κ1) is 25.6. The Kier molecular flexibility index (Phi) is 8.98. The van der Waals surface area contributed by atoms with Gasteiger partial charge in [0, 0.05) is 19.0 Å². The fourth-order valence-electron chi connectivity index (χ4n) is 3.48. The first-order valence-corrected chi connectivity index (χ1v) is 13.5. The fourth-order valence-corrected chi connectivity index (χ4v) is 5.60. The van der Waals surface area contributed by atoms with Crippen molar-refractivity contribution in [1.82, 2.24) is 15.4 Å². The zero-order valence-corrected chi connectivity index (χ0v) is 20.8. The standard InChI is InChI=1S/C25H29N3O4S2/c1-18(2)28-34(31,32)17-21-12-7-6-11-20(21)16-26-24(29)22(15-19-9-4-3-5-10-19)27-25(30)23-13-8-14-33-23/h3-14,18,22,28H,15-17H2,1-2H3,(H,26,29)(H,27,30)/t22-/m0/s1. The van der Waals surface area contributed by atoms with Crippen LogP contribution in [0.1, 0.15) is 40.2 Å². The number of benzene rings is 2. The molecule has 2 amide bonds. The Morgan fingerprint density at radius 1 is 0.912 bits per heavy atom. The molecule has 1 aromatic heterocycles. The molecule has 1 atom stereocenters. The summed E-state index contributed by atoms with van der Waals surface area (Å²) in [6.45, 7) is 3.68. The molecule has 0 saturated carbocycles. The van der Waals surface area contributed by atoms with Gasteiger partial charge in [0.05, 0.1) is 10.6 Å². The van der Waals surface area contributed by atoms with Crippen LogP contribution in [0.2, 0.25) is 0 Å². The van der Waals surface area contributed by atoms with Gasteiger partial charge < -0.3 is 10.6 Å². The SMILES string of the molecule is CC(C)NS(=O)(=O)Cc1ccccc1CNC(=O)[C@H](Cc1ccccc1)NC(=O)c1cccs1. The van der Waals surface area contributed by atoms with E-state index >= 15 is 0 Å². The zero-order valence-electron chi connectivity index (χ0n) is 19.2. The van der Waals surface area contributed by atoms with Gasteiger partial charge in [-0.1, -0.05) is 60.7 Å². The maximum Gasteiger partial charge on any atom is 0.262 e. The molecule has 34 heavy (non-hydrogen) atoms. The first-order chi connectivity index (χ1) is 16.2. The molecule has 1 heterocycles. The van der Waals surface area contributed by atoms with E-state index in [2.05, 4.69) is 15.4 Å². The van der Waals surface area contributed by atoms with E-state index in [-0.39, 0.29) is 30.2 Å². The van der Waals surface area contributed by atoms with Crippen LogP contribution in [0.25, 0.3) is 0 Å². The van der Waals surface area contributed by atoms with Crippen LogP contribution < -0.4 is 15.4 Å². The molecule has 0 spiro atoms. The number of thiophene rings is 1. The highest BCUT2D eigenvalue weighted by molar-refractivity contribution is 7.88. The van der Waals surface area contributed by atoms with Crippen molar-refractivity contribution in [3.05, 3.63) is 93.7 Å².